The zero-order valence-electron chi connectivity index (χ0n) is 49.3. The molecule has 0 saturated carbocycles. The summed E-state index contributed by atoms with van der Waals surface area (Å²) in [6.45, 7) is 4.78. The van der Waals surface area contributed by atoms with Crippen molar-refractivity contribution in [2.45, 2.75) is 302 Å². The Morgan fingerprint density at radius 3 is 1.15 bits per heavy atom. The molecule has 0 radical (unpaired) electrons. The zero-order valence-corrected chi connectivity index (χ0v) is 49.3. The van der Waals surface area contributed by atoms with Gasteiger partial charge in [-0.1, -0.05) is 274 Å². The number of unbranched alkanes of at least 4 members (excludes halogenated alkanes) is 35. The molecule has 432 valence electrons. The molecule has 0 aromatic carbocycles. The number of likely N-dealkylation sites (N-methyl/N-ethyl adjacent to an activating group) is 1. The first-order chi connectivity index (χ1) is 36.1. The molecule has 2 unspecified atom stereocenters. The molecule has 74 heavy (non-hydrogen) atoms. The molecular weight excluding hydrogens is 923 g/mol. The molecule has 2 atom stereocenters. The fraction of sp³-hybridized carbons (Fsp3) is 0.831. The second-order valence-electron chi connectivity index (χ2n) is 22.3. The van der Waals surface area contributed by atoms with Gasteiger partial charge in [-0.15, -0.1) is 0 Å². The van der Waals surface area contributed by atoms with Crippen LogP contribution >= 0.6 is 0 Å². The average Bonchev–Trinajstić information content (AvgIpc) is 3.37. The van der Waals surface area contributed by atoms with Crippen LogP contribution in [-0.2, 0) is 33.3 Å². The smallest absolute Gasteiger partial charge is 0.361 e. The molecule has 0 bridgehead atoms. The molecule has 0 aromatic rings. The van der Waals surface area contributed by atoms with Crippen LogP contribution in [0.3, 0.4) is 0 Å². The van der Waals surface area contributed by atoms with E-state index in [1.165, 1.54) is 199 Å². The maximum absolute atomic E-state index is 12.8. The number of carbonyl (C=O) groups is 3. The van der Waals surface area contributed by atoms with Crippen molar-refractivity contribution in [1.29, 1.82) is 0 Å². The second-order valence-corrected chi connectivity index (χ2v) is 22.3. The number of carboxylic acids is 1. The number of carbonyl (C=O) groups excluding carboxylic acids is 2. The number of ether oxygens (including phenoxy) is 4. The van der Waals surface area contributed by atoms with E-state index in [4.69, 9.17) is 18.9 Å². The summed E-state index contributed by atoms with van der Waals surface area (Å²) >= 11 is 0. The van der Waals surface area contributed by atoms with Crippen LogP contribution in [0.5, 0.6) is 0 Å². The number of rotatable bonds is 58. The summed E-state index contributed by atoms with van der Waals surface area (Å²) in [7, 11) is 5.97. The van der Waals surface area contributed by atoms with Crippen LogP contribution in [0.1, 0.15) is 290 Å². The molecule has 0 saturated heterocycles. The average molecular weight is 1040 g/mol. The van der Waals surface area contributed by atoms with Gasteiger partial charge in [0, 0.05) is 12.8 Å². The summed E-state index contributed by atoms with van der Waals surface area (Å²) in [6.07, 6.45) is 68.1. The molecule has 0 amide bonds. The summed E-state index contributed by atoms with van der Waals surface area (Å²) in [5, 5.41) is 9.68. The van der Waals surface area contributed by atoms with Crippen molar-refractivity contribution < 1.29 is 42.9 Å². The lowest BCUT2D eigenvalue weighted by Gasteiger charge is -2.25. The van der Waals surface area contributed by atoms with E-state index in [1.54, 1.807) is 0 Å². The van der Waals surface area contributed by atoms with Gasteiger partial charge in [-0.05, 0) is 51.4 Å². The fourth-order valence-electron chi connectivity index (χ4n) is 9.07. The van der Waals surface area contributed by atoms with E-state index < -0.39 is 18.4 Å². The van der Waals surface area contributed by atoms with Crippen LogP contribution in [0, 0.1) is 0 Å². The van der Waals surface area contributed by atoms with Gasteiger partial charge in [0.25, 0.3) is 6.29 Å². The molecule has 0 fully saturated rings. The number of carboxylic acid groups (broad SMARTS) is 1. The third kappa shape index (κ3) is 57.0. The van der Waals surface area contributed by atoms with E-state index >= 15 is 0 Å². The first kappa shape index (κ1) is 71.2. The standard InChI is InChI=1S/C65H119NO8/c1-6-8-10-12-14-16-18-19-20-21-22-23-24-25-26-27-28-29-30-31-32-33-34-35-36-37-38-39-40-41-42-43-44-45-46-48-50-52-54-56-63(68)74-61(60-73-65(64(69)70)71-58-57-66(3,4)5)59-72-62(67)55-53-51-49-47-17-15-13-11-9-7-2/h8,10,14,16,19-20,22-23,61,65H,6-7,9,11-13,15,17-18,21,24-60H2,1-5H3/p+1/b10-8-,16-14-,20-19-,23-22-. The lowest BCUT2D eigenvalue weighted by molar-refractivity contribution is -0.870. The number of nitrogens with zero attached hydrogens (tertiary/aromatic N) is 1. The number of quaternary nitrogens is 1. The lowest BCUT2D eigenvalue weighted by Crippen LogP contribution is -2.40. The minimum absolute atomic E-state index is 0.176. The van der Waals surface area contributed by atoms with Crippen molar-refractivity contribution in [3.8, 4) is 0 Å². The number of hydrogen-bond acceptors (Lipinski definition) is 7. The maximum atomic E-state index is 12.8. The van der Waals surface area contributed by atoms with Crippen molar-refractivity contribution in [3.05, 3.63) is 48.6 Å². The molecule has 0 aromatic heterocycles. The largest absolute Gasteiger partial charge is 0.477 e. The van der Waals surface area contributed by atoms with Gasteiger partial charge in [-0.25, -0.2) is 4.79 Å². The van der Waals surface area contributed by atoms with Gasteiger partial charge in [-0.3, -0.25) is 9.59 Å². The van der Waals surface area contributed by atoms with Crippen LogP contribution in [-0.4, -0.2) is 87.4 Å². The SMILES string of the molecule is CC/C=C\C/C=C\C/C=C\C/C=C\CCCCCCCCCCCCCCCCCCCCCCCCCCCCC(=O)OC(COC(=O)CCCCCCCCCCCC)COC(OCC[N+](C)(C)C)C(=O)O. The van der Waals surface area contributed by atoms with Gasteiger partial charge in [0.2, 0.25) is 0 Å². The summed E-state index contributed by atoms with van der Waals surface area (Å²) < 4.78 is 22.8. The molecule has 0 heterocycles. The van der Waals surface area contributed by atoms with E-state index in [0.29, 0.717) is 17.4 Å². The first-order valence-electron chi connectivity index (χ1n) is 31.3. The third-order valence-corrected chi connectivity index (χ3v) is 13.8. The Labute approximate surface area is 457 Å². The van der Waals surface area contributed by atoms with E-state index in [-0.39, 0.29) is 38.2 Å². The minimum Gasteiger partial charge on any atom is -0.477 e. The van der Waals surface area contributed by atoms with Gasteiger partial charge in [-0.2, -0.15) is 0 Å². The Balaban J connectivity index is 3.88. The normalized spacial score (nSPS) is 13.0. The number of aliphatic carboxylic acids is 1. The molecule has 0 aliphatic carbocycles. The van der Waals surface area contributed by atoms with E-state index in [9.17, 15) is 19.5 Å². The predicted molar refractivity (Wildman–Crippen MR) is 314 cm³/mol. The Morgan fingerprint density at radius 1 is 0.419 bits per heavy atom. The summed E-state index contributed by atoms with van der Waals surface area (Å²) in [5.41, 5.74) is 0. The highest BCUT2D eigenvalue weighted by molar-refractivity contribution is 5.71. The van der Waals surface area contributed by atoms with Gasteiger partial charge in [0.05, 0.1) is 34.4 Å². The van der Waals surface area contributed by atoms with Gasteiger partial charge < -0.3 is 28.5 Å². The summed E-state index contributed by atoms with van der Waals surface area (Å²) in [6, 6.07) is 0. The molecule has 9 nitrogen and oxygen atoms in total. The Kier molecular flexibility index (Phi) is 54.4. The minimum atomic E-state index is -1.50. The Morgan fingerprint density at radius 2 is 0.770 bits per heavy atom. The monoisotopic (exact) mass is 1040 g/mol. The third-order valence-electron chi connectivity index (χ3n) is 13.8. The lowest BCUT2D eigenvalue weighted by atomic mass is 10.0. The van der Waals surface area contributed by atoms with Crippen molar-refractivity contribution in [1.82, 2.24) is 0 Å². The first-order valence-corrected chi connectivity index (χ1v) is 31.3. The maximum Gasteiger partial charge on any atom is 0.361 e. The summed E-state index contributed by atoms with van der Waals surface area (Å²) in [5.74, 6) is -1.99. The summed E-state index contributed by atoms with van der Waals surface area (Å²) in [4.78, 5) is 37.3. The molecule has 1 N–H and O–H groups in total. The van der Waals surface area contributed by atoms with Crippen molar-refractivity contribution in [2.24, 2.45) is 0 Å². The Hall–Kier alpha value is -2.75. The van der Waals surface area contributed by atoms with Gasteiger partial charge >= 0.3 is 17.9 Å². The highest BCUT2D eigenvalue weighted by Crippen LogP contribution is 2.18. The van der Waals surface area contributed by atoms with Gasteiger partial charge in [0.15, 0.2) is 6.10 Å². The van der Waals surface area contributed by atoms with Crippen molar-refractivity contribution in [2.75, 3.05) is 47.5 Å². The Bertz CT molecular complexity index is 1350. The number of esters is 2. The van der Waals surface area contributed by atoms with E-state index in [2.05, 4.69) is 62.5 Å². The van der Waals surface area contributed by atoms with Crippen LogP contribution < -0.4 is 0 Å². The van der Waals surface area contributed by atoms with Gasteiger partial charge in [0.1, 0.15) is 13.2 Å². The molecular formula is C65H120NO8+. The number of allylic oxidation sites excluding steroid dienone is 8. The van der Waals surface area contributed by atoms with Crippen LogP contribution in [0.25, 0.3) is 0 Å². The van der Waals surface area contributed by atoms with E-state index in [0.717, 1.165) is 64.2 Å². The zero-order chi connectivity index (χ0) is 54.1. The van der Waals surface area contributed by atoms with Crippen molar-refractivity contribution >= 4 is 17.9 Å². The molecule has 0 aliphatic heterocycles. The second kappa shape index (κ2) is 56.5. The van der Waals surface area contributed by atoms with Crippen LogP contribution in [0.2, 0.25) is 0 Å². The molecule has 9 heteroatoms. The highest BCUT2D eigenvalue weighted by Gasteiger charge is 2.25. The molecule has 0 rings (SSSR count). The molecule has 0 aliphatic rings. The van der Waals surface area contributed by atoms with Crippen molar-refractivity contribution in [3.63, 3.8) is 0 Å². The topological polar surface area (TPSA) is 108 Å². The number of hydrogen-bond donors (Lipinski definition) is 1. The predicted octanol–water partition coefficient (Wildman–Crippen LogP) is 18.6. The highest BCUT2D eigenvalue weighted by atomic mass is 16.7. The van der Waals surface area contributed by atoms with Crippen LogP contribution in [0.4, 0.5) is 0 Å². The van der Waals surface area contributed by atoms with E-state index in [1.807, 2.05) is 21.1 Å². The fourth-order valence-corrected chi connectivity index (χ4v) is 9.07. The molecule has 0 spiro atoms. The quantitative estimate of drug-likeness (QED) is 0.0211. The van der Waals surface area contributed by atoms with Crippen LogP contribution in [0.15, 0.2) is 48.6 Å².